The Bertz CT molecular complexity index is 847. The topological polar surface area (TPSA) is 53.1 Å². The molecule has 1 aliphatic carbocycles. The fourth-order valence-electron chi connectivity index (χ4n) is 3.20. The fourth-order valence-corrected chi connectivity index (χ4v) is 4.36. The molecule has 2 heterocycles. The van der Waals surface area contributed by atoms with Crippen molar-refractivity contribution in [2.45, 2.75) is 19.3 Å². The number of nitrogen functional groups attached to an aromatic ring is 1. The molecule has 1 aromatic carbocycles. The minimum absolute atomic E-state index is 0.829. The second-order valence-electron chi connectivity index (χ2n) is 5.45. The Morgan fingerprint density at radius 2 is 2.19 bits per heavy atom. The normalized spacial score (nSPS) is 13.8. The van der Waals surface area contributed by atoms with Crippen LogP contribution in [0.3, 0.4) is 0 Å². The summed E-state index contributed by atoms with van der Waals surface area (Å²) in [7, 11) is 3.73. The summed E-state index contributed by atoms with van der Waals surface area (Å²) in [4.78, 5) is 6.25. The summed E-state index contributed by atoms with van der Waals surface area (Å²) in [6.07, 6.45) is 3.50. The van der Waals surface area contributed by atoms with E-state index in [9.17, 15) is 0 Å². The number of thiophene rings is 1. The highest BCUT2D eigenvalue weighted by Crippen LogP contribution is 2.43. The molecule has 0 spiro atoms. The van der Waals surface area contributed by atoms with E-state index >= 15 is 0 Å². The van der Waals surface area contributed by atoms with E-state index in [1.54, 1.807) is 18.4 Å². The lowest BCUT2D eigenvalue weighted by molar-refractivity contribution is 0.415. The number of ether oxygens (including phenoxy) is 1. The third kappa shape index (κ3) is 1.77. The largest absolute Gasteiger partial charge is 0.497 e. The number of benzene rings is 1. The highest BCUT2D eigenvalue weighted by atomic mass is 32.1. The predicted octanol–water partition coefficient (Wildman–Crippen LogP) is 3.38. The van der Waals surface area contributed by atoms with Crippen LogP contribution in [-0.4, -0.2) is 16.7 Å². The van der Waals surface area contributed by atoms with Gasteiger partial charge in [-0.2, -0.15) is 0 Å². The van der Waals surface area contributed by atoms with Crippen molar-refractivity contribution in [3.05, 3.63) is 28.6 Å². The van der Waals surface area contributed by atoms with Crippen molar-refractivity contribution < 1.29 is 4.74 Å². The second kappa shape index (κ2) is 4.49. The first-order chi connectivity index (χ1) is 10.2. The van der Waals surface area contributed by atoms with Gasteiger partial charge < -0.3 is 15.0 Å². The average molecular weight is 299 g/mol. The molecule has 0 unspecified atom stereocenters. The molecule has 0 fully saturated rings. The molecule has 0 atom stereocenters. The molecule has 2 aromatic heterocycles. The van der Waals surface area contributed by atoms with Gasteiger partial charge in [0.25, 0.3) is 0 Å². The van der Waals surface area contributed by atoms with Crippen molar-refractivity contribution >= 4 is 27.4 Å². The minimum atomic E-state index is 0.829. The highest BCUT2D eigenvalue weighted by Gasteiger charge is 2.25. The molecule has 1 aliphatic rings. The fraction of sp³-hybridized carbons (Fsp3) is 0.312. The quantitative estimate of drug-likeness (QED) is 0.789. The van der Waals surface area contributed by atoms with Crippen molar-refractivity contribution in [3.63, 3.8) is 0 Å². The van der Waals surface area contributed by atoms with E-state index < -0.39 is 0 Å². The Morgan fingerprint density at radius 3 is 3.00 bits per heavy atom. The summed E-state index contributed by atoms with van der Waals surface area (Å²) >= 11 is 1.72. The van der Waals surface area contributed by atoms with Crippen LogP contribution in [0.15, 0.2) is 18.2 Å². The number of aromatic nitrogens is 2. The zero-order valence-corrected chi connectivity index (χ0v) is 13.0. The van der Waals surface area contributed by atoms with Gasteiger partial charge in [-0.25, -0.2) is 4.98 Å². The summed E-state index contributed by atoms with van der Waals surface area (Å²) < 4.78 is 7.42. The Kier molecular flexibility index (Phi) is 2.72. The smallest absolute Gasteiger partial charge is 0.144 e. The van der Waals surface area contributed by atoms with Crippen LogP contribution in [0.25, 0.3) is 22.4 Å². The first-order valence-electron chi connectivity index (χ1n) is 7.10. The minimum Gasteiger partial charge on any atom is -0.497 e. The lowest BCUT2D eigenvalue weighted by Gasteiger charge is -2.04. The van der Waals surface area contributed by atoms with Gasteiger partial charge in [-0.15, -0.1) is 11.3 Å². The molecule has 0 bridgehead atoms. The lowest BCUT2D eigenvalue weighted by Crippen LogP contribution is -1.96. The molecule has 108 valence electrons. The highest BCUT2D eigenvalue weighted by molar-refractivity contribution is 7.16. The van der Waals surface area contributed by atoms with Gasteiger partial charge in [0.05, 0.1) is 28.7 Å². The van der Waals surface area contributed by atoms with Gasteiger partial charge in [0.2, 0.25) is 0 Å². The maximum atomic E-state index is 6.27. The lowest BCUT2D eigenvalue weighted by atomic mass is 10.1. The molecule has 4 rings (SSSR count). The maximum Gasteiger partial charge on any atom is 0.144 e. The van der Waals surface area contributed by atoms with Crippen molar-refractivity contribution in [1.29, 1.82) is 0 Å². The van der Waals surface area contributed by atoms with E-state index in [2.05, 4.69) is 11.6 Å². The van der Waals surface area contributed by atoms with Gasteiger partial charge in [-0.1, -0.05) is 0 Å². The van der Waals surface area contributed by atoms with Crippen LogP contribution in [0.1, 0.15) is 16.9 Å². The number of nitrogens with zero attached hydrogens (tertiary/aromatic N) is 2. The average Bonchev–Trinajstić information content (AvgIpc) is 3.12. The number of methoxy groups -OCH3 is 1. The number of anilines is 1. The molecule has 21 heavy (non-hydrogen) atoms. The third-order valence-electron chi connectivity index (χ3n) is 4.26. The molecule has 0 aliphatic heterocycles. The van der Waals surface area contributed by atoms with E-state index in [1.807, 2.05) is 18.2 Å². The number of rotatable bonds is 2. The van der Waals surface area contributed by atoms with Gasteiger partial charge in [0.1, 0.15) is 11.6 Å². The van der Waals surface area contributed by atoms with Gasteiger partial charge in [-0.05, 0) is 37.0 Å². The SMILES string of the molecule is COc1ccc2c(c1)nc(-c1c(N)sc3c1CCC3)n2C. The number of aryl methyl sites for hydroxylation is 2. The van der Waals surface area contributed by atoms with Gasteiger partial charge >= 0.3 is 0 Å². The zero-order chi connectivity index (χ0) is 14.6. The number of nitrogens with two attached hydrogens (primary N) is 1. The van der Waals surface area contributed by atoms with E-state index in [-0.39, 0.29) is 0 Å². The van der Waals surface area contributed by atoms with Crippen LogP contribution in [0.5, 0.6) is 5.75 Å². The summed E-state index contributed by atoms with van der Waals surface area (Å²) in [5, 5.41) is 0.894. The molecule has 5 heteroatoms. The monoisotopic (exact) mass is 299 g/mol. The van der Waals surface area contributed by atoms with Crippen LogP contribution < -0.4 is 10.5 Å². The van der Waals surface area contributed by atoms with Gasteiger partial charge in [-0.3, -0.25) is 0 Å². The van der Waals surface area contributed by atoms with E-state index in [4.69, 9.17) is 15.5 Å². The molecular weight excluding hydrogens is 282 g/mol. The van der Waals surface area contributed by atoms with Crippen molar-refractivity contribution in [3.8, 4) is 17.1 Å². The predicted molar refractivity (Wildman–Crippen MR) is 87.0 cm³/mol. The Balaban J connectivity index is 1.97. The van der Waals surface area contributed by atoms with Crippen LogP contribution in [0, 0.1) is 0 Å². The first kappa shape index (κ1) is 12.7. The maximum absolute atomic E-state index is 6.27. The Hall–Kier alpha value is -2.01. The van der Waals surface area contributed by atoms with Crippen molar-refractivity contribution in [2.75, 3.05) is 12.8 Å². The molecule has 0 radical (unpaired) electrons. The van der Waals surface area contributed by atoms with Gasteiger partial charge in [0, 0.05) is 18.0 Å². The Morgan fingerprint density at radius 1 is 1.33 bits per heavy atom. The molecular formula is C16H17N3OS. The summed E-state index contributed by atoms with van der Waals surface area (Å²) in [6.45, 7) is 0. The van der Waals surface area contributed by atoms with Crippen molar-refractivity contribution in [1.82, 2.24) is 9.55 Å². The van der Waals surface area contributed by atoms with Crippen molar-refractivity contribution in [2.24, 2.45) is 7.05 Å². The van der Waals surface area contributed by atoms with E-state index in [0.717, 1.165) is 46.0 Å². The molecule has 4 nitrogen and oxygen atoms in total. The molecule has 0 amide bonds. The molecule has 2 N–H and O–H groups in total. The van der Waals surface area contributed by atoms with Crippen LogP contribution in [-0.2, 0) is 19.9 Å². The second-order valence-corrected chi connectivity index (χ2v) is 6.58. The summed E-state index contributed by atoms with van der Waals surface area (Å²) in [5.74, 6) is 1.80. The zero-order valence-electron chi connectivity index (χ0n) is 12.1. The molecule has 0 saturated carbocycles. The summed E-state index contributed by atoms with van der Waals surface area (Å²) in [5.41, 5.74) is 10.9. The van der Waals surface area contributed by atoms with Crippen LogP contribution in [0.2, 0.25) is 0 Å². The third-order valence-corrected chi connectivity index (χ3v) is 5.38. The summed E-state index contributed by atoms with van der Waals surface area (Å²) in [6, 6.07) is 5.99. The number of imidazole rings is 1. The van der Waals surface area contributed by atoms with Gasteiger partial charge in [0.15, 0.2) is 0 Å². The Labute approximate surface area is 127 Å². The number of hydrogen-bond donors (Lipinski definition) is 1. The number of hydrogen-bond acceptors (Lipinski definition) is 4. The van der Waals surface area contributed by atoms with Crippen LogP contribution >= 0.6 is 11.3 Å². The van der Waals surface area contributed by atoms with E-state index in [1.165, 1.54) is 16.9 Å². The number of fused-ring (bicyclic) bond motifs is 2. The first-order valence-corrected chi connectivity index (χ1v) is 7.91. The van der Waals surface area contributed by atoms with E-state index in [0.29, 0.717) is 0 Å². The molecule has 0 saturated heterocycles. The van der Waals surface area contributed by atoms with Crippen LogP contribution in [0.4, 0.5) is 5.00 Å². The molecule has 3 aromatic rings. The standard InChI is InChI=1S/C16H17N3OS/c1-19-12-7-6-9(20-2)8-11(12)18-16(19)14-10-4-3-5-13(10)21-15(14)17/h6-8H,3-5,17H2,1-2H3.